The van der Waals surface area contributed by atoms with Gasteiger partial charge in [0.05, 0.1) is 0 Å². The van der Waals surface area contributed by atoms with Crippen LogP contribution in [0.1, 0.15) is 44.9 Å². The summed E-state index contributed by atoms with van der Waals surface area (Å²) in [6.07, 6.45) is 12.8. The highest BCUT2D eigenvalue weighted by molar-refractivity contribution is 5.13. The summed E-state index contributed by atoms with van der Waals surface area (Å²) in [5.41, 5.74) is 1.80. The molecule has 3 aliphatic carbocycles. The van der Waals surface area contributed by atoms with E-state index in [0.717, 1.165) is 11.8 Å². The molecule has 1 heteroatoms. The maximum absolute atomic E-state index is 2.57. The number of fused-ring (bicyclic) bond motifs is 3. The van der Waals surface area contributed by atoms with Gasteiger partial charge in [0.2, 0.25) is 0 Å². The van der Waals surface area contributed by atoms with Crippen molar-refractivity contribution in [3.63, 3.8) is 0 Å². The molecule has 1 nitrogen and oxygen atoms in total. The van der Waals surface area contributed by atoms with Crippen LogP contribution in [-0.4, -0.2) is 18.0 Å². The number of allylic oxidation sites excluding steroid dienone is 1. The van der Waals surface area contributed by atoms with Crippen molar-refractivity contribution in [2.45, 2.75) is 44.9 Å². The molecule has 0 aromatic carbocycles. The SMILES string of the molecule is C(=C1/CC2CCC1CC2)/N1CCCC1. The van der Waals surface area contributed by atoms with E-state index in [4.69, 9.17) is 0 Å². The van der Waals surface area contributed by atoms with Gasteiger partial charge in [0.1, 0.15) is 0 Å². The topological polar surface area (TPSA) is 3.24 Å². The average molecular weight is 191 g/mol. The fourth-order valence-electron chi connectivity index (χ4n) is 3.50. The van der Waals surface area contributed by atoms with Gasteiger partial charge in [0.15, 0.2) is 0 Å². The molecule has 1 heterocycles. The number of hydrogen-bond donors (Lipinski definition) is 0. The van der Waals surface area contributed by atoms with Gasteiger partial charge in [-0.25, -0.2) is 0 Å². The molecule has 4 rings (SSSR count). The fraction of sp³-hybridized carbons (Fsp3) is 0.846. The predicted molar refractivity (Wildman–Crippen MR) is 59.0 cm³/mol. The summed E-state index contributed by atoms with van der Waals surface area (Å²) in [7, 11) is 0. The smallest absolute Gasteiger partial charge is 0.0173 e. The van der Waals surface area contributed by atoms with Crippen molar-refractivity contribution in [3.8, 4) is 0 Å². The van der Waals surface area contributed by atoms with Crippen LogP contribution in [-0.2, 0) is 0 Å². The van der Waals surface area contributed by atoms with Crippen molar-refractivity contribution >= 4 is 0 Å². The molecule has 4 aliphatic rings. The first-order valence-corrected chi connectivity index (χ1v) is 6.36. The molecule has 14 heavy (non-hydrogen) atoms. The molecule has 0 unspecified atom stereocenters. The van der Waals surface area contributed by atoms with Crippen LogP contribution in [0.2, 0.25) is 0 Å². The summed E-state index contributed by atoms with van der Waals surface area (Å²) in [4.78, 5) is 2.57. The molecule has 0 radical (unpaired) electrons. The summed E-state index contributed by atoms with van der Waals surface area (Å²) in [6, 6.07) is 0. The van der Waals surface area contributed by atoms with Crippen molar-refractivity contribution < 1.29 is 0 Å². The van der Waals surface area contributed by atoms with Gasteiger partial charge in [0.25, 0.3) is 0 Å². The lowest BCUT2D eigenvalue weighted by atomic mass is 9.68. The highest BCUT2D eigenvalue weighted by atomic mass is 15.1. The van der Waals surface area contributed by atoms with E-state index in [9.17, 15) is 0 Å². The zero-order valence-electron chi connectivity index (χ0n) is 9.04. The lowest BCUT2D eigenvalue weighted by Crippen LogP contribution is -2.26. The second-order valence-corrected chi connectivity index (χ2v) is 5.37. The van der Waals surface area contributed by atoms with Crippen molar-refractivity contribution in [1.29, 1.82) is 0 Å². The second kappa shape index (κ2) is 3.60. The largest absolute Gasteiger partial charge is 0.377 e. The molecule has 0 aromatic heterocycles. The highest BCUT2D eigenvalue weighted by Crippen LogP contribution is 2.44. The predicted octanol–water partition coefficient (Wildman–Crippen LogP) is 3.18. The number of hydrogen-bond acceptors (Lipinski definition) is 1. The lowest BCUT2D eigenvalue weighted by Gasteiger charge is -2.38. The zero-order chi connectivity index (χ0) is 9.38. The van der Waals surface area contributed by atoms with Gasteiger partial charge in [-0.3, -0.25) is 0 Å². The molecule has 3 saturated carbocycles. The maximum atomic E-state index is 2.57. The van der Waals surface area contributed by atoms with Crippen molar-refractivity contribution in [3.05, 3.63) is 11.8 Å². The molecule has 2 bridgehead atoms. The van der Waals surface area contributed by atoms with Gasteiger partial charge in [-0.1, -0.05) is 5.57 Å². The van der Waals surface area contributed by atoms with Gasteiger partial charge in [0, 0.05) is 13.1 Å². The van der Waals surface area contributed by atoms with Crippen LogP contribution in [0.4, 0.5) is 0 Å². The molecular weight excluding hydrogens is 170 g/mol. The molecular formula is C13H21N. The summed E-state index contributed by atoms with van der Waals surface area (Å²) < 4.78 is 0. The van der Waals surface area contributed by atoms with Crippen LogP contribution in [0.5, 0.6) is 0 Å². The van der Waals surface area contributed by atoms with Crippen LogP contribution in [0.25, 0.3) is 0 Å². The minimum Gasteiger partial charge on any atom is -0.377 e. The van der Waals surface area contributed by atoms with E-state index in [0.29, 0.717) is 0 Å². The Bertz CT molecular complexity index is 230. The molecule has 1 aliphatic heterocycles. The fourth-order valence-corrected chi connectivity index (χ4v) is 3.50. The van der Waals surface area contributed by atoms with Gasteiger partial charge in [-0.2, -0.15) is 0 Å². The molecule has 0 spiro atoms. The molecule has 0 atom stereocenters. The molecule has 0 N–H and O–H groups in total. The van der Waals surface area contributed by atoms with Crippen LogP contribution in [0.15, 0.2) is 11.8 Å². The summed E-state index contributed by atoms with van der Waals surface area (Å²) in [5, 5.41) is 0. The van der Waals surface area contributed by atoms with Crippen LogP contribution >= 0.6 is 0 Å². The quantitative estimate of drug-likeness (QED) is 0.615. The molecule has 0 amide bonds. The summed E-state index contributed by atoms with van der Waals surface area (Å²) >= 11 is 0. The minimum atomic E-state index is 0.973. The summed E-state index contributed by atoms with van der Waals surface area (Å²) in [6.45, 7) is 2.64. The van der Waals surface area contributed by atoms with E-state index in [1.165, 1.54) is 58.0 Å². The van der Waals surface area contributed by atoms with E-state index in [-0.39, 0.29) is 0 Å². The zero-order valence-corrected chi connectivity index (χ0v) is 9.04. The monoisotopic (exact) mass is 191 g/mol. The third-order valence-electron chi connectivity index (χ3n) is 4.38. The Hall–Kier alpha value is -0.460. The molecule has 1 saturated heterocycles. The van der Waals surface area contributed by atoms with Crippen LogP contribution in [0, 0.1) is 11.8 Å². The maximum Gasteiger partial charge on any atom is 0.0173 e. The first-order chi connectivity index (χ1) is 6.92. The Balaban J connectivity index is 1.71. The van der Waals surface area contributed by atoms with Gasteiger partial charge in [-0.15, -0.1) is 0 Å². The molecule has 0 aromatic rings. The Morgan fingerprint density at radius 1 is 1.00 bits per heavy atom. The molecule has 78 valence electrons. The number of rotatable bonds is 1. The third-order valence-corrected chi connectivity index (χ3v) is 4.38. The number of nitrogens with zero attached hydrogens (tertiary/aromatic N) is 1. The number of likely N-dealkylation sites (tertiary alicyclic amines) is 1. The summed E-state index contributed by atoms with van der Waals surface area (Å²) in [5.74, 6) is 2.02. The van der Waals surface area contributed by atoms with Gasteiger partial charge < -0.3 is 4.90 Å². The normalized spacial score (nSPS) is 39.7. The molecule has 4 fully saturated rings. The van der Waals surface area contributed by atoms with E-state index in [1.54, 1.807) is 5.57 Å². The lowest BCUT2D eigenvalue weighted by molar-refractivity contribution is 0.234. The van der Waals surface area contributed by atoms with Crippen molar-refractivity contribution in [2.75, 3.05) is 13.1 Å². The minimum absolute atomic E-state index is 0.973. The van der Waals surface area contributed by atoms with Gasteiger partial charge >= 0.3 is 0 Å². The van der Waals surface area contributed by atoms with E-state index < -0.39 is 0 Å². The Morgan fingerprint density at radius 3 is 2.29 bits per heavy atom. The standard InChI is InChI=1S/C13H21N/c1-2-8-14(7-1)10-13-9-11-3-5-12(13)6-4-11/h10-12H,1-9H2/b13-10+. The average Bonchev–Trinajstić information content (AvgIpc) is 2.72. The Morgan fingerprint density at radius 2 is 1.71 bits per heavy atom. The van der Waals surface area contributed by atoms with E-state index >= 15 is 0 Å². The first kappa shape index (κ1) is 8.82. The van der Waals surface area contributed by atoms with E-state index in [1.807, 2.05) is 0 Å². The van der Waals surface area contributed by atoms with Crippen LogP contribution in [0.3, 0.4) is 0 Å². The third kappa shape index (κ3) is 1.57. The van der Waals surface area contributed by atoms with Crippen molar-refractivity contribution in [1.82, 2.24) is 4.90 Å². The van der Waals surface area contributed by atoms with E-state index in [2.05, 4.69) is 11.1 Å². The Labute approximate surface area is 87.2 Å². The van der Waals surface area contributed by atoms with Crippen molar-refractivity contribution in [2.24, 2.45) is 11.8 Å². The first-order valence-electron chi connectivity index (χ1n) is 6.36. The second-order valence-electron chi connectivity index (χ2n) is 5.37. The van der Waals surface area contributed by atoms with Gasteiger partial charge in [-0.05, 0) is 63.0 Å². The van der Waals surface area contributed by atoms with Crippen LogP contribution < -0.4 is 0 Å². The highest BCUT2D eigenvalue weighted by Gasteiger charge is 2.31. The Kier molecular flexibility index (Phi) is 2.27.